The third kappa shape index (κ3) is 4.53. The number of hydrogen-bond donors (Lipinski definition) is 4. The van der Waals surface area contributed by atoms with E-state index >= 15 is 0 Å². The summed E-state index contributed by atoms with van der Waals surface area (Å²) in [5.41, 5.74) is 2.97. The van der Waals surface area contributed by atoms with Gasteiger partial charge in [0.25, 0.3) is 11.8 Å². The van der Waals surface area contributed by atoms with Crippen molar-refractivity contribution >= 4 is 74.9 Å². The molecule has 0 radical (unpaired) electrons. The molecule has 0 unspecified atom stereocenters. The van der Waals surface area contributed by atoms with E-state index in [1.807, 2.05) is 0 Å². The second kappa shape index (κ2) is 9.25. The molecule has 5 N–H and O–H groups in total. The van der Waals surface area contributed by atoms with Crippen LogP contribution in [0.4, 0.5) is 18.3 Å². The second-order valence-electron chi connectivity index (χ2n) is 6.97. The number of rotatable bonds is 6. The molecule has 2 aromatic rings. The van der Waals surface area contributed by atoms with Gasteiger partial charge in [-0.25, -0.2) is 9.78 Å². The third-order valence-electron chi connectivity index (χ3n) is 4.97. The number of aliphatic carboxylic acids is 1. The molecular weight excluding hydrogens is 559 g/mol. The Bertz CT molecular complexity index is 1290. The molecule has 1 fully saturated rings. The zero-order valence-electron chi connectivity index (χ0n) is 16.7. The van der Waals surface area contributed by atoms with Gasteiger partial charge in [-0.1, -0.05) is 44.3 Å². The van der Waals surface area contributed by atoms with Crippen molar-refractivity contribution in [2.75, 3.05) is 5.73 Å². The molecule has 2 aromatic heterocycles. The molecule has 0 aliphatic carbocycles. The van der Waals surface area contributed by atoms with Gasteiger partial charge in [0.05, 0.1) is 6.04 Å². The third-order valence-corrected chi connectivity index (χ3v) is 8.07. The molecule has 0 aromatic carbocycles. The molecular formula is C16H11ClF3N7O5S3. The first-order chi connectivity index (χ1) is 16.4. The molecule has 4 rings (SSSR count). The van der Waals surface area contributed by atoms with Crippen LogP contribution in [0.5, 0.6) is 0 Å². The molecule has 4 heterocycles. The lowest BCUT2D eigenvalue weighted by molar-refractivity contribution is -0.155. The number of carbonyl (C=O) groups excluding carboxylic acids is 2. The quantitative estimate of drug-likeness (QED) is 0.174. The highest BCUT2D eigenvalue weighted by molar-refractivity contribution is 8.04. The molecule has 35 heavy (non-hydrogen) atoms. The summed E-state index contributed by atoms with van der Waals surface area (Å²) in [6.45, 7) is 0. The van der Waals surface area contributed by atoms with Gasteiger partial charge in [0.15, 0.2) is 16.5 Å². The topological polar surface area (TPSA) is 184 Å². The van der Waals surface area contributed by atoms with Crippen molar-refractivity contribution in [3.63, 3.8) is 0 Å². The fourth-order valence-corrected chi connectivity index (χ4v) is 6.43. The van der Waals surface area contributed by atoms with Gasteiger partial charge < -0.3 is 21.4 Å². The van der Waals surface area contributed by atoms with Crippen molar-refractivity contribution in [2.24, 2.45) is 5.16 Å². The molecule has 0 spiro atoms. The van der Waals surface area contributed by atoms with Crippen LogP contribution < -0.4 is 11.1 Å². The monoisotopic (exact) mass is 569 g/mol. The molecule has 0 bridgehead atoms. The van der Waals surface area contributed by atoms with Gasteiger partial charge in [0.1, 0.15) is 26.0 Å². The molecule has 186 valence electrons. The zero-order valence-corrected chi connectivity index (χ0v) is 19.9. The average molecular weight is 570 g/mol. The van der Waals surface area contributed by atoms with Crippen LogP contribution >= 0.6 is 46.2 Å². The Morgan fingerprint density at radius 1 is 1.37 bits per heavy atom. The lowest BCUT2D eigenvalue weighted by Gasteiger charge is -2.50. The number of nitrogen functional groups attached to an aromatic ring is 1. The van der Waals surface area contributed by atoms with Crippen molar-refractivity contribution in [2.45, 2.75) is 35.3 Å². The summed E-state index contributed by atoms with van der Waals surface area (Å²) in [6, 6.07) is -1.97. The number of carbonyl (C=O) groups is 3. The van der Waals surface area contributed by atoms with Crippen LogP contribution in [-0.4, -0.2) is 65.4 Å². The molecule has 2 amide bonds. The molecule has 19 heteroatoms. The number of anilines is 1. The number of halogens is 4. The van der Waals surface area contributed by atoms with Crippen molar-refractivity contribution in [3.05, 3.63) is 26.3 Å². The Balaban J connectivity index is 1.55. The van der Waals surface area contributed by atoms with Gasteiger partial charge in [0.2, 0.25) is 0 Å². The summed E-state index contributed by atoms with van der Waals surface area (Å²) < 4.78 is 42.3. The Kier molecular flexibility index (Phi) is 6.64. The first kappa shape index (κ1) is 25.1. The number of carboxylic acids is 1. The predicted octanol–water partition coefficient (Wildman–Crippen LogP) is 2.01. The smallest absolute Gasteiger partial charge is 0.437 e. The largest absolute Gasteiger partial charge is 0.477 e. The van der Waals surface area contributed by atoms with Crippen LogP contribution in [0.3, 0.4) is 0 Å². The van der Waals surface area contributed by atoms with Crippen LogP contribution in [0.2, 0.25) is 4.34 Å². The number of carboxylic acid groups (broad SMARTS) is 1. The number of nitrogens with two attached hydrogens (primary N) is 1. The standard InChI is InChI=1S/C16H11ClF3N7O5S3/c17-10-6(23-15(21)34-10)7(25-32)11(28)22-5-3-1-2-4(8(13(30)31)27(3)12(5)29)33-14-9(16(18,19)20)24-26-35-14/h3,5,32H,1-2H2,(H2,21,23)(H,22,28)(H,30,31)/b25-7-/t3-,5+/m1/s1. The summed E-state index contributed by atoms with van der Waals surface area (Å²) in [7, 11) is 0. The molecule has 2 atom stereocenters. The number of thiazole rings is 1. The van der Waals surface area contributed by atoms with Gasteiger partial charge in [0, 0.05) is 4.91 Å². The summed E-state index contributed by atoms with van der Waals surface area (Å²) in [4.78, 5) is 42.1. The number of nitrogens with one attached hydrogen (secondary N) is 1. The van der Waals surface area contributed by atoms with Crippen LogP contribution in [-0.2, 0) is 20.6 Å². The highest BCUT2D eigenvalue weighted by Crippen LogP contribution is 2.46. The minimum absolute atomic E-state index is 0.00298. The zero-order chi connectivity index (χ0) is 25.7. The fraction of sp³-hybridized carbons (Fsp3) is 0.312. The number of allylic oxidation sites excluding steroid dienone is 1. The Morgan fingerprint density at radius 3 is 2.66 bits per heavy atom. The Labute approximate surface area is 209 Å². The van der Waals surface area contributed by atoms with E-state index in [1.165, 1.54) is 0 Å². The SMILES string of the molecule is Nc1nc(/C(=N/O)C(=O)N[C@@H]2C(=O)N3C(C(=O)O)=C(Sc4snnc4C(F)(F)F)CC[C@H]23)c(Cl)s1. The Hall–Kier alpha value is -2.96. The van der Waals surface area contributed by atoms with Gasteiger partial charge in [-0.2, -0.15) is 13.2 Å². The molecule has 2 aliphatic rings. The molecule has 1 saturated heterocycles. The maximum atomic E-state index is 13.1. The maximum Gasteiger partial charge on any atom is 0.437 e. The highest BCUT2D eigenvalue weighted by Gasteiger charge is 2.54. The summed E-state index contributed by atoms with van der Waals surface area (Å²) >= 11 is 7.74. The van der Waals surface area contributed by atoms with Gasteiger partial charge in [-0.3, -0.25) is 14.5 Å². The first-order valence-electron chi connectivity index (χ1n) is 9.26. The lowest BCUT2D eigenvalue weighted by Crippen LogP contribution is -2.72. The van der Waals surface area contributed by atoms with Gasteiger partial charge in [-0.05, 0) is 24.4 Å². The maximum absolute atomic E-state index is 13.1. The van der Waals surface area contributed by atoms with Gasteiger partial charge >= 0.3 is 12.1 Å². The minimum Gasteiger partial charge on any atom is -0.477 e. The van der Waals surface area contributed by atoms with Gasteiger partial charge in [-0.15, -0.1) is 5.10 Å². The van der Waals surface area contributed by atoms with Crippen molar-refractivity contribution in [1.82, 2.24) is 24.8 Å². The number of aromatic nitrogens is 3. The van der Waals surface area contributed by atoms with E-state index < -0.39 is 53.1 Å². The highest BCUT2D eigenvalue weighted by atomic mass is 35.5. The minimum atomic E-state index is -4.78. The van der Waals surface area contributed by atoms with E-state index in [2.05, 4.69) is 25.0 Å². The van der Waals surface area contributed by atoms with Crippen LogP contribution in [0.25, 0.3) is 0 Å². The number of amides is 2. The van der Waals surface area contributed by atoms with Crippen molar-refractivity contribution < 1.29 is 37.9 Å². The number of alkyl halides is 3. The van der Waals surface area contributed by atoms with Crippen LogP contribution in [0.1, 0.15) is 24.2 Å². The molecule has 2 aliphatic heterocycles. The van der Waals surface area contributed by atoms with E-state index in [9.17, 15) is 37.9 Å². The van der Waals surface area contributed by atoms with E-state index in [0.717, 1.165) is 16.2 Å². The summed E-state index contributed by atoms with van der Waals surface area (Å²) in [5.74, 6) is -3.34. The van der Waals surface area contributed by atoms with E-state index in [4.69, 9.17) is 17.3 Å². The summed E-state index contributed by atoms with van der Waals surface area (Å²) in [6.07, 6.45) is -4.63. The van der Waals surface area contributed by atoms with Crippen LogP contribution in [0.15, 0.2) is 20.0 Å². The number of β-lactam (4-membered cyclic amide) rings is 1. The number of thioether (sulfide) groups is 1. The van der Waals surface area contributed by atoms with Crippen molar-refractivity contribution in [1.29, 1.82) is 0 Å². The van der Waals surface area contributed by atoms with E-state index in [0.29, 0.717) is 23.3 Å². The van der Waals surface area contributed by atoms with E-state index in [-0.39, 0.29) is 37.1 Å². The van der Waals surface area contributed by atoms with E-state index in [1.54, 1.807) is 0 Å². The Morgan fingerprint density at radius 2 is 2.09 bits per heavy atom. The first-order valence-corrected chi connectivity index (χ1v) is 12.0. The second-order valence-corrected chi connectivity index (χ2v) is 10.7. The van der Waals surface area contributed by atoms with Crippen molar-refractivity contribution in [3.8, 4) is 0 Å². The number of hydrogen-bond acceptors (Lipinski definition) is 12. The molecule has 0 saturated carbocycles. The number of oxime groups is 1. The lowest BCUT2D eigenvalue weighted by atomic mass is 9.86. The predicted molar refractivity (Wildman–Crippen MR) is 117 cm³/mol. The van der Waals surface area contributed by atoms with Crippen LogP contribution in [0, 0.1) is 0 Å². The number of fused-ring (bicyclic) bond motifs is 1. The normalized spacial score (nSPS) is 20.5. The summed E-state index contributed by atoms with van der Waals surface area (Å²) in [5, 5.41) is 27.2. The average Bonchev–Trinajstić information content (AvgIpc) is 3.38. The molecule has 12 nitrogen and oxygen atoms in total. The number of nitrogens with zero attached hydrogens (tertiary/aromatic N) is 5. The fourth-order valence-electron chi connectivity index (χ4n) is 3.53.